The monoisotopic (exact) mass is 322 g/mol. The zero-order valence-electron chi connectivity index (χ0n) is 12.2. The number of rotatable bonds is 7. The van der Waals surface area contributed by atoms with Crippen LogP contribution in [0.15, 0.2) is 22.3 Å². The molecule has 1 aliphatic carbocycles. The zero-order chi connectivity index (χ0) is 15.5. The quantitative estimate of drug-likeness (QED) is 0.578. The molecule has 0 unspecified atom stereocenters. The summed E-state index contributed by atoms with van der Waals surface area (Å²) in [6.07, 6.45) is 0.925. The summed E-state index contributed by atoms with van der Waals surface area (Å²) in [7, 11) is -3.54. The van der Waals surface area contributed by atoms with Crippen molar-refractivity contribution in [2.45, 2.75) is 38.9 Å². The summed E-state index contributed by atoms with van der Waals surface area (Å²) in [5, 5.41) is 8.48. The molecule has 1 N–H and O–H groups in total. The third-order valence-electron chi connectivity index (χ3n) is 3.37. The maximum absolute atomic E-state index is 12.5. The molecule has 0 aromatic rings. The average molecular weight is 323 g/mol. The zero-order valence-corrected chi connectivity index (χ0v) is 13.8. The molecule has 0 spiro atoms. The minimum absolute atomic E-state index is 0.00112. The van der Waals surface area contributed by atoms with E-state index >= 15 is 0 Å². The third kappa shape index (κ3) is 3.99. The summed E-state index contributed by atoms with van der Waals surface area (Å²) < 4.78 is 30.6. The first-order chi connectivity index (χ1) is 9.20. The molecule has 1 fully saturated rings. The van der Waals surface area contributed by atoms with Gasteiger partial charge in [-0.05, 0) is 31.6 Å². The molecule has 4 nitrogen and oxygen atoms in total. The normalized spacial score (nSPS) is 24.1. The van der Waals surface area contributed by atoms with Crippen LogP contribution in [0.25, 0.3) is 0 Å². The number of allylic oxidation sites excluding steroid dienone is 2. The van der Waals surface area contributed by atoms with Gasteiger partial charge in [0.1, 0.15) is 10.7 Å². The largest absolute Gasteiger partial charge is 0.497 e. The smallest absolute Gasteiger partial charge is 0.186 e. The van der Waals surface area contributed by atoms with Crippen LogP contribution < -0.4 is 0 Å². The van der Waals surface area contributed by atoms with Crippen LogP contribution in [0.2, 0.25) is 0 Å². The molecule has 0 radical (unpaired) electrons. The number of aliphatic hydroxyl groups is 1. The van der Waals surface area contributed by atoms with Crippen molar-refractivity contribution in [3.8, 4) is 0 Å². The first-order valence-corrected chi connectivity index (χ1v) is 8.65. The van der Waals surface area contributed by atoms with Gasteiger partial charge in [-0.15, -0.1) is 0 Å². The lowest BCUT2D eigenvalue weighted by atomic mass is 9.86. The summed E-state index contributed by atoms with van der Waals surface area (Å²) in [5.74, 6) is 0.655. The number of sulfone groups is 1. The predicted octanol–water partition coefficient (Wildman–Crippen LogP) is 2.83. The molecule has 0 aromatic carbocycles. The van der Waals surface area contributed by atoms with Gasteiger partial charge < -0.3 is 9.84 Å². The van der Waals surface area contributed by atoms with Crippen LogP contribution in [0.4, 0.5) is 0 Å². The maximum atomic E-state index is 12.5. The molecule has 0 aliphatic heterocycles. The Hall–Kier alpha value is -0.520. The van der Waals surface area contributed by atoms with Crippen molar-refractivity contribution in [1.29, 1.82) is 0 Å². The molecule has 6 heteroatoms. The Labute approximate surface area is 126 Å². The Morgan fingerprint density at radius 3 is 2.40 bits per heavy atom. The van der Waals surface area contributed by atoms with E-state index in [0.717, 1.165) is 0 Å². The number of aliphatic hydroxyl groups excluding tert-OH is 1. The molecule has 0 amide bonds. The molecule has 1 rings (SSSR count). The van der Waals surface area contributed by atoms with Gasteiger partial charge in [0.05, 0.1) is 16.9 Å². The van der Waals surface area contributed by atoms with E-state index in [4.69, 9.17) is 21.4 Å². The van der Waals surface area contributed by atoms with E-state index in [-0.39, 0.29) is 22.5 Å². The molecule has 0 heterocycles. The summed E-state index contributed by atoms with van der Waals surface area (Å²) >= 11 is 5.87. The second-order valence-corrected chi connectivity index (χ2v) is 8.30. The molecular formula is C14H23ClO4S. The van der Waals surface area contributed by atoms with E-state index in [1.807, 2.05) is 13.8 Å². The maximum Gasteiger partial charge on any atom is 0.186 e. The van der Waals surface area contributed by atoms with Crippen LogP contribution in [-0.2, 0) is 14.6 Å². The average Bonchev–Trinajstić information content (AvgIpc) is 2.23. The van der Waals surface area contributed by atoms with Crippen LogP contribution in [0.3, 0.4) is 0 Å². The van der Waals surface area contributed by atoms with Crippen LogP contribution in [0, 0.1) is 11.8 Å². The van der Waals surface area contributed by atoms with Gasteiger partial charge in [0.2, 0.25) is 0 Å². The fourth-order valence-corrected chi connectivity index (χ4v) is 4.75. The lowest BCUT2D eigenvalue weighted by Crippen LogP contribution is -2.38. The van der Waals surface area contributed by atoms with E-state index in [2.05, 4.69) is 6.58 Å². The van der Waals surface area contributed by atoms with Crippen LogP contribution in [-0.4, -0.2) is 32.0 Å². The predicted molar refractivity (Wildman–Crippen MR) is 81.0 cm³/mol. The molecule has 0 aromatic heterocycles. The van der Waals surface area contributed by atoms with E-state index in [9.17, 15) is 8.42 Å². The van der Waals surface area contributed by atoms with Gasteiger partial charge in [-0.25, -0.2) is 8.42 Å². The minimum atomic E-state index is -3.54. The second-order valence-electron chi connectivity index (χ2n) is 5.68. The van der Waals surface area contributed by atoms with Gasteiger partial charge in [0.25, 0.3) is 0 Å². The van der Waals surface area contributed by atoms with Crippen molar-refractivity contribution in [3.05, 3.63) is 22.3 Å². The number of ether oxygens (including phenoxy) is 1. The van der Waals surface area contributed by atoms with Crippen molar-refractivity contribution in [3.63, 3.8) is 0 Å². The summed E-state index contributed by atoms with van der Waals surface area (Å²) in [4.78, 5) is 0.00112. The van der Waals surface area contributed by atoms with Crippen LogP contribution in [0.5, 0.6) is 0 Å². The molecule has 116 valence electrons. The van der Waals surface area contributed by atoms with E-state index in [0.29, 0.717) is 31.1 Å². The third-order valence-corrected chi connectivity index (χ3v) is 6.04. The van der Waals surface area contributed by atoms with E-state index < -0.39 is 15.1 Å². The topological polar surface area (TPSA) is 63.6 Å². The summed E-state index contributed by atoms with van der Waals surface area (Å²) in [6.45, 7) is 9.57. The first-order valence-electron chi connectivity index (χ1n) is 6.73. The Balaban J connectivity index is 2.96. The number of hydrogen-bond donors (Lipinski definition) is 1. The Kier molecular flexibility index (Phi) is 6.10. The molecule has 20 heavy (non-hydrogen) atoms. The Morgan fingerprint density at radius 2 is 2.00 bits per heavy atom. The summed E-state index contributed by atoms with van der Waals surface area (Å²) in [6, 6.07) is 0. The molecule has 0 saturated heterocycles. The molecular weight excluding hydrogens is 300 g/mol. The first kappa shape index (κ1) is 17.5. The summed E-state index contributed by atoms with van der Waals surface area (Å²) in [5.41, 5.74) is 0. The Bertz CT molecular complexity index is 487. The number of hydrogen-bond acceptors (Lipinski definition) is 4. The highest BCUT2D eigenvalue weighted by atomic mass is 35.5. The molecule has 0 atom stereocenters. The van der Waals surface area contributed by atoms with Crippen LogP contribution in [0.1, 0.15) is 33.6 Å². The highest BCUT2D eigenvalue weighted by Gasteiger charge is 2.41. The highest BCUT2D eigenvalue weighted by molar-refractivity contribution is 7.96. The SMILES string of the molecule is C=C(Cl)C(=C(C)OCC(C)C)S(=O)(=O)C1CC(CO)C1. The van der Waals surface area contributed by atoms with Gasteiger partial charge in [0, 0.05) is 6.61 Å². The van der Waals surface area contributed by atoms with Gasteiger partial charge in [-0.2, -0.15) is 0 Å². The van der Waals surface area contributed by atoms with Gasteiger partial charge in [-0.1, -0.05) is 32.0 Å². The lowest BCUT2D eigenvalue weighted by molar-refractivity contribution is 0.165. The molecule has 1 saturated carbocycles. The van der Waals surface area contributed by atoms with Crippen molar-refractivity contribution >= 4 is 21.4 Å². The Morgan fingerprint density at radius 1 is 1.45 bits per heavy atom. The lowest BCUT2D eigenvalue weighted by Gasteiger charge is -2.34. The van der Waals surface area contributed by atoms with Gasteiger partial charge in [0.15, 0.2) is 9.84 Å². The van der Waals surface area contributed by atoms with Crippen molar-refractivity contribution < 1.29 is 18.3 Å². The van der Waals surface area contributed by atoms with Crippen LogP contribution >= 0.6 is 11.6 Å². The van der Waals surface area contributed by atoms with Crippen molar-refractivity contribution in [1.82, 2.24) is 0 Å². The molecule has 0 bridgehead atoms. The highest BCUT2D eigenvalue weighted by Crippen LogP contribution is 2.39. The molecule has 1 aliphatic rings. The number of halogens is 1. The van der Waals surface area contributed by atoms with E-state index in [1.54, 1.807) is 6.92 Å². The fraction of sp³-hybridized carbons (Fsp3) is 0.714. The van der Waals surface area contributed by atoms with Gasteiger partial charge >= 0.3 is 0 Å². The minimum Gasteiger partial charge on any atom is -0.497 e. The standard InChI is InChI=1S/C14H23ClO4S/c1-9(2)8-19-11(4)14(10(3)15)20(17,18)13-5-12(6-13)7-16/h9,12-13,16H,3,5-8H2,1-2,4H3. The van der Waals surface area contributed by atoms with E-state index in [1.165, 1.54) is 0 Å². The second kappa shape index (κ2) is 6.96. The fourth-order valence-electron chi connectivity index (χ4n) is 2.15. The van der Waals surface area contributed by atoms with Gasteiger partial charge in [-0.3, -0.25) is 0 Å². The van der Waals surface area contributed by atoms with Crippen molar-refractivity contribution in [2.75, 3.05) is 13.2 Å². The van der Waals surface area contributed by atoms with Crippen molar-refractivity contribution in [2.24, 2.45) is 11.8 Å².